The third-order valence-corrected chi connectivity index (χ3v) is 8.06. The highest BCUT2D eigenvalue weighted by molar-refractivity contribution is 6.07. The van der Waals surface area contributed by atoms with E-state index in [1.165, 1.54) is 16.0 Å². The molecule has 0 bridgehead atoms. The molecule has 0 unspecified atom stereocenters. The molecule has 4 amide bonds. The highest BCUT2D eigenvalue weighted by Crippen LogP contribution is 2.37. The average molecular weight is 469 g/mol. The van der Waals surface area contributed by atoms with E-state index < -0.39 is 5.54 Å². The molecule has 7 nitrogen and oxygen atoms in total. The van der Waals surface area contributed by atoms with Gasteiger partial charge in [-0.1, -0.05) is 48.5 Å². The number of nitrogens with one attached hydrogen (secondary N) is 1. The second-order valence-electron chi connectivity index (χ2n) is 10.1. The van der Waals surface area contributed by atoms with Gasteiger partial charge in [0.1, 0.15) is 11.2 Å². The molecular formula is C28H28N4O3. The molecule has 3 heterocycles. The topological polar surface area (TPSA) is 82.6 Å². The number of benzene rings is 2. The lowest BCUT2D eigenvalue weighted by molar-refractivity contribution is -0.134. The van der Waals surface area contributed by atoms with Gasteiger partial charge in [0.2, 0.25) is 0 Å². The summed E-state index contributed by atoms with van der Waals surface area (Å²) in [6.45, 7) is 2.92. The van der Waals surface area contributed by atoms with Gasteiger partial charge in [-0.2, -0.15) is 0 Å². The molecule has 1 N–H and O–H groups in total. The second kappa shape index (κ2) is 8.18. The van der Waals surface area contributed by atoms with Gasteiger partial charge in [-0.15, -0.1) is 0 Å². The first-order chi connectivity index (χ1) is 16.9. The molecule has 0 radical (unpaired) electrons. The summed E-state index contributed by atoms with van der Waals surface area (Å²) in [6.07, 6.45) is 2.72. The van der Waals surface area contributed by atoms with Crippen LogP contribution in [-0.4, -0.2) is 57.3 Å². The number of nitrogens with zero attached hydrogens (tertiary/aromatic N) is 3. The highest BCUT2D eigenvalue weighted by Gasteiger charge is 2.55. The van der Waals surface area contributed by atoms with Crippen molar-refractivity contribution in [3.05, 3.63) is 77.5 Å². The number of para-hydroxylation sites is 1. The number of imide groups is 1. The van der Waals surface area contributed by atoms with E-state index >= 15 is 0 Å². The summed E-state index contributed by atoms with van der Waals surface area (Å²) < 4.78 is 0. The number of pyridine rings is 1. The maximum Gasteiger partial charge on any atom is 0.325 e. The molecule has 3 aromatic rings. The molecule has 0 spiro atoms. The van der Waals surface area contributed by atoms with Crippen LogP contribution in [0.2, 0.25) is 0 Å². The first kappa shape index (κ1) is 21.8. The quantitative estimate of drug-likeness (QED) is 0.596. The van der Waals surface area contributed by atoms with Crippen LogP contribution in [0.1, 0.15) is 41.4 Å². The maximum atomic E-state index is 13.6. The monoisotopic (exact) mass is 468 g/mol. The molecule has 178 valence electrons. The van der Waals surface area contributed by atoms with Gasteiger partial charge in [0, 0.05) is 24.5 Å². The van der Waals surface area contributed by atoms with E-state index in [1.54, 1.807) is 6.07 Å². The molecule has 2 saturated heterocycles. The first-order valence-corrected chi connectivity index (χ1v) is 12.3. The molecular weight excluding hydrogens is 440 g/mol. The number of piperidine rings is 1. The van der Waals surface area contributed by atoms with Crippen LogP contribution in [0.25, 0.3) is 10.9 Å². The Balaban J connectivity index is 1.13. The van der Waals surface area contributed by atoms with Crippen molar-refractivity contribution in [1.82, 2.24) is 20.1 Å². The molecule has 1 atom stereocenters. The number of hydrogen-bond donors (Lipinski definition) is 1. The van der Waals surface area contributed by atoms with Gasteiger partial charge in [-0.05, 0) is 61.8 Å². The predicted octanol–water partition coefficient (Wildman–Crippen LogP) is 3.56. The van der Waals surface area contributed by atoms with Crippen LogP contribution in [0.4, 0.5) is 4.79 Å². The zero-order chi connectivity index (χ0) is 24.2. The zero-order valence-corrected chi connectivity index (χ0v) is 19.7. The smallest absolute Gasteiger partial charge is 0.325 e. The summed E-state index contributed by atoms with van der Waals surface area (Å²) in [5, 5.41) is 4.02. The van der Waals surface area contributed by atoms with Crippen LogP contribution in [0, 0.1) is 5.92 Å². The van der Waals surface area contributed by atoms with Crippen molar-refractivity contribution in [3.63, 3.8) is 0 Å². The van der Waals surface area contributed by atoms with Crippen molar-refractivity contribution >= 4 is 28.7 Å². The average Bonchev–Trinajstić information content (AvgIpc) is 3.41. The molecule has 1 aliphatic carbocycles. The largest absolute Gasteiger partial charge is 0.337 e. The van der Waals surface area contributed by atoms with E-state index in [4.69, 9.17) is 0 Å². The van der Waals surface area contributed by atoms with Crippen molar-refractivity contribution in [2.75, 3.05) is 13.1 Å². The number of hydrogen-bond acceptors (Lipinski definition) is 4. The SMILES string of the molecule is C[C@]1(C2CCN(C(=O)c3ccc4ccccc4n3)CC2)NC(=O)N(C2Cc3ccccc3C2)C1=O. The zero-order valence-electron chi connectivity index (χ0n) is 19.7. The number of aromatic nitrogens is 1. The summed E-state index contributed by atoms with van der Waals surface area (Å²) in [4.78, 5) is 47.5. The van der Waals surface area contributed by atoms with Crippen molar-refractivity contribution in [2.45, 2.75) is 44.2 Å². The molecule has 2 fully saturated rings. The number of urea groups is 1. The lowest BCUT2D eigenvalue weighted by Crippen LogP contribution is -2.55. The van der Waals surface area contributed by atoms with Crippen LogP contribution in [0.15, 0.2) is 60.7 Å². The fraction of sp³-hybridized carbons (Fsp3) is 0.357. The molecule has 2 aliphatic heterocycles. The van der Waals surface area contributed by atoms with Gasteiger partial charge in [0.25, 0.3) is 11.8 Å². The highest BCUT2D eigenvalue weighted by atomic mass is 16.2. The normalized spacial score (nSPS) is 23.1. The van der Waals surface area contributed by atoms with Gasteiger partial charge < -0.3 is 10.2 Å². The van der Waals surface area contributed by atoms with Crippen molar-refractivity contribution in [1.29, 1.82) is 0 Å². The fourth-order valence-corrected chi connectivity index (χ4v) is 6.01. The Morgan fingerprint density at radius 1 is 0.943 bits per heavy atom. The number of amides is 4. The molecule has 3 aliphatic rings. The minimum absolute atomic E-state index is 0.0265. The lowest BCUT2D eigenvalue weighted by Gasteiger charge is -2.39. The Hall–Kier alpha value is -3.74. The van der Waals surface area contributed by atoms with Crippen LogP contribution >= 0.6 is 0 Å². The maximum absolute atomic E-state index is 13.6. The first-order valence-electron chi connectivity index (χ1n) is 12.3. The Bertz CT molecular complexity index is 1320. The van der Waals surface area contributed by atoms with E-state index in [9.17, 15) is 14.4 Å². The number of carbonyl (C=O) groups excluding carboxylic acids is 3. The third kappa shape index (κ3) is 3.57. The Kier molecular flexibility index (Phi) is 5.09. The van der Waals surface area contributed by atoms with Gasteiger partial charge in [-0.25, -0.2) is 9.78 Å². The number of likely N-dealkylation sites (tertiary alicyclic amines) is 1. The molecule has 6 rings (SSSR count). The predicted molar refractivity (Wildman–Crippen MR) is 132 cm³/mol. The van der Waals surface area contributed by atoms with E-state index in [1.807, 2.05) is 54.3 Å². The molecule has 7 heteroatoms. The number of carbonyl (C=O) groups is 3. The minimum atomic E-state index is -0.942. The Morgan fingerprint density at radius 2 is 1.60 bits per heavy atom. The van der Waals surface area contributed by atoms with E-state index in [0.717, 1.165) is 10.9 Å². The standard InChI is InChI=1S/C28H28N4O3/c1-28(26(34)32(27(35)30-28)22-16-19-7-2-3-8-20(19)17-22)21-12-14-31(15-13-21)25(33)24-11-10-18-6-4-5-9-23(18)29-24/h2-11,21-22H,12-17H2,1H3,(H,30,35)/t28-/m1/s1. The van der Waals surface area contributed by atoms with Gasteiger partial charge >= 0.3 is 6.03 Å². The summed E-state index contributed by atoms with van der Waals surface area (Å²) in [5.41, 5.74) is 2.71. The van der Waals surface area contributed by atoms with Crippen LogP contribution in [0.5, 0.6) is 0 Å². The summed E-state index contributed by atoms with van der Waals surface area (Å²) in [6, 6.07) is 19.2. The van der Waals surface area contributed by atoms with Gasteiger partial charge in [0.05, 0.1) is 5.52 Å². The summed E-state index contributed by atoms with van der Waals surface area (Å²) in [7, 11) is 0. The molecule has 35 heavy (non-hydrogen) atoms. The van der Waals surface area contributed by atoms with Crippen molar-refractivity contribution in [2.24, 2.45) is 5.92 Å². The van der Waals surface area contributed by atoms with Gasteiger partial charge in [0.15, 0.2) is 0 Å². The van der Waals surface area contributed by atoms with E-state index in [-0.39, 0.29) is 29.8 Å². The minimum Gasteiger partial charge on any atom is -0.337 e. The summed E-state index contributed by atoms with van der Waals surface area (Å²) >= 11 is 0. The third-order valence-electron chi connectivity index (χ3n) is 8.06. The lowest BCUT2D eigenvalue weighted by atomic mass is 9.78. The molecule has 0 saturated carbocycles. The second-order valence-corrected chi connectivity index (χ2v) is 10.1. The molecule has 2 aromatic carbocycles. The summed E-state index contributed by atoms with van der Waals surface area (Å²) in [5.74, 6) is -0.255. The fourth-order valence-electron chi connectivity index (χ4n) is 6.01. The van der Waals surface area contributed by atoms with Crippen LogP contribution in [-0.2, 0) is 17.6 Å². The Morgan fingerprint density at radius 3 is 2.31 bits per heavy atom. The van der Waals surface area contributed by atoms with Crippen molar-refractivity contribution in [3.8, 4) is 0 Å². The molecule has 1 aromatic heterocycles. The van der Waals surface area contributed by atoms with E-state index in [0.29, 0.717) is 44.5 Å². The number of fused-ring (bicyclic) bond motifs is 2. The van der Waals surface area contributed by atoms with Crippen LogP contribution in [0.3, 0.4) is 0 Å². The van der Waals surface area contributed by atoms with Crippen molar-refractivity contribution < 1.29 is 14.4 Å². The number of rotatable bonds is 3. The van der Waals surface area contributed by atoms with Crippen LogP contribution < -0.4 is 5.32 Å². The van der Waals surface area contributed by atoms with Gasteiger partial charge in [-0.3, -0.25) is 14.5 Å². The Labute approximate surface area is 204 Å². The van der Waals surface area contributed by atoms with E-state index in [2.05, 4.69) is 22.4 Å².